The molecule has 0 spiro atoms. The molecule has 1 aromatic heterocycles. The lowest BCUT2D eigenvalue weighted by atomic mass is 9.90. The summed E-state index contributed by atoms with van der Waals surface area (Å²) in [4.78, 5) is 3.65. The molecule has 0 amide bonds. The zero-order valence-corrected chi connectivity index (χ0v) is 14.0. The topological polar surface area (TPSA) is 27.8 Å². The number of hydrogen-bond acceptors (Lipinski definition) is 1. The monoisotopic (exact) mass is 334 g/mol. The molecule has 108 valence electrons. The third-order valence-corrected chi connectivity index (χ3v) is 5.13. The van der Waals surface area contributed by atoms with Gasteiger partial charge in [0.15, 0.2) is 0 Å². The van der Waals surface area contributed by atoms with Crippen molar-refractivity contribution in [3.05, 3.63) is 33.9 Å². The summed E-state index contributed by atoms with van der Waals surface area (Å²) in [6.45, 7) is 6.85. The Kier molecular flexibility index (Phi) is 3.91. The number of aromatic amines is 1. The molecule has 1 aliphatic carbocycles. The van der Waals surface area contributed by atoms with Gasteiger partial charge < -0.3 is 10.3 Å². The van der Waals surface area contributed by atoms with Gasteiger partial charge in [-0.25, -0.2) is 0 Å². The van der Waals surface area contributed by atoms with E-state index in [4.69, 9.17) is 0 Å². The van der Waals surface area contributed by atoms with Crippen LogP contribution in [0.1, 0.15) is 50.9 Å². The zero-order valence-electron chi connectivity index (χ0n) is 12.5. The molecule has 0 radical (unpaired) electrons. The summed E-state index contributed by atoms with van der Waals surface area (Å²) in [6, 6.07) is 7.56. The summed E-state index contributed by atoms with van der Waals surface area (Å²) in [6.07, 6.45) is 3.70. The van der Waals surface area contributed by atoms with E-state index in [1.807, 2.05) is 0 Å². The number of aromatic nitrogens is 1. The molecule has 0 saturated heterocycles. The fraction of sp³-hybridized carbons (Fsp3) is 0.529. The van der Waals surface area contributed by atoms with Gasteiger partial charge in [-0.05, 0) is 55.9 Å². The van der Waals surface area contributed by atoms with Crippen molar-refractivity contribution in [2.75, 3.05) is 0 Å². The Labute approximate surface area is 129 Å². The van der Waals surface area contributed by atoms with Gasteiger partial charge in [0.2, 0.25) is 0 Å². The second kappa shape index (κ2) is 5.53. The highest BCUT2D eigenvalue weighted by atomic mass is 79.9. The first-order valence-corrected chi connectivity index (χ1v) is 8.41. The van der Waals surface area contributed by atoms with E-state index in [0.717, 1.165) is 4.47 Å². The minimum atomic E-state index is 0.474. The second-order valence-electron chi connectivity index (χ2n) is 6.35. The molecule has 2 aromatic rings. The molecule has 20 heavy (non-hydrogen) atoms. The minimum Gasteiger partial charge on any atom is -0.357 e. The fourth-order valence-corrected chi connectivity index (χ4v) is 3.47. The molecular weight excluding hydrogens is 312 g/mol. The molecule has 0 saturated carbocycles. The highest BCUT2D eigenvalue weighted by molar-refractivity contribution is 9.10. The highest BCUT2D eigenvalue weighted by Crippen LogP contribution is 2.36. The van der Waals surface area contributed by atoms with E-state index in [1.165, 1.54) is 41.4 Å². The molecule has 3 heteroatoms. The lowest BCUT2D eigenvalue weighted by Crippen LogP contribution is -2.36. The quantitative estimate of drug-likeness (QED) is 0.817. The average Bonchev–Trinajstić information content (AvgIpc) is 2.78. The largest absolute Gasteiger partial charge is 0.357 e. The first kappa shape index (κ1) is 14.2. The fourth-order valence-electron chi connectivity index (χ4n) is 3.11. The summed E-state index contributed by atoms with van der Waals surface area (Å²) in [5.41, 5.74) is 4.20. The van der Waals surface area contributed by atoms with E-state index < -0.39 is 0 Å². The number of aryl methyl sites for hydroxylation is 1. The van der Waals surface area contributed by atoms with Gasteiger partial charge in [0.25, 0.3) is 0 Å². The Bertz CT molecular complexity index is 615. The molecule has 1 aromatic carbocycles. The minimum absolute atomic E-state index is 0.474. The molecule has 0 aliphatic heterocycles. The second-order valence-corrected chi connectivity index (χ2v) is 7.27. The Balaban J connectivity index is 1.98. The van der Waals surface area contributed by atoms with Crippen LogP contribution in [0.15, 0.2) is 22.7 Å². The average molecular weight is 335 g/mol. The summed E-state index contributed by atoms with van der Waals surface area (Å²) in [5.74, 6) is 0.666. The van der Waals surface area contributed by atoms with Crippen molar-refractivity contribution < 1.29 is 0 Å². The smallest absolute Gasteiger partial charge is 0.0478 e. The molecule has 1 aliphatic rings. The summed E-state index contributed by atoms with van der Waals surface area (Å²) >= 11 is 3.59. The van der Waals surface area contributed by atoms with Crippen LogP contribution in [0.3, 0.4) is 0 Å². The van der Waals surface area contributed by atoms with Crippen molar-refractivity contribution in [2.24, 2.45) is 5.92 Å². The van der Waals surface area contributed by atoms with E-state index in [2.05, 4.69) is 65.2 Å². The maximum atomic E-state index is 3.81. The molecule has 1 unspecified atom stereocenters. The first-order valence-electron chi connectivity index (χ1n) is 7.62. The van der Waals surface area contributed by atoms with Crippen molar-refractivity contribution in [3.8, 4) is 0 Å². The van der Waals surface area contributed by atoms with Gasteiger partial charge in [0, 0.05) is 33.2 Å². The number of hydrogen-bond donors (Lipinski definition) is 2. The van der Waals surface area contributed by atoms with Gasteiger partial charge in [-0.15, -0.1) is 0 Å². The van der Waals surface area contributed by atoms with Gasteiger partial charge in [0.05, 0.1) is 0 Å². The Hall–Kier alpha value is -0.800. The maximum absolute atomic E-state index is 3.81. The van der Waals surface area contributed by atoms with E-state index in [1.54, 1.807) is 0 Å². The SMILES string of the molecule is CC(C)[C@@H](C)NC1CCCc2c1[nH]c1ccc(Br)cc21. The summed E-state index contributed by atoms with van der Waals surface area (Å²) in [7, 11) is 0. The van der Waals surface area contributed by atoms with E-state index >= 15 is 0 Å². The van der Waals surface area contributed by atoms with Crippen molar-refractivity contribution in [1.82, 2.24) is 10.3 Å². The van der Waals surface area contributed by atoms with Gasteiger partial charge in [-0.3, -0.25) is 0 Å². The standard InChI is InChI=1S/C17H23BrN2/c1-10(2)11(3)19-16-6-4-5-13-14-9-12(18)7-8-15(14)20-17(13)16/h7-11,16,19-20H,4-6H2,1-3H3/t11-,16?/m1/s1. The van der Waals surface area contributed by atoms with Gasteiger partial charge >= 0.3 is 0 Å². The van der Waals surface area contributed by atoms with Gasteiger partial charge in [-0.2, -0.15) is 0 Å². The van der Waals surface area contributed by atoms with Crippen LogP contribution in [0, 0.1) is 5.92 Å². The van der Waals surface area contributed by atoms with Crippen LogP contribution in [0.5, 0.6) is 0 Å². The van der Waals surface area contributed by atoms with Crippen LogP contribution < -0.4 is 5.32 Å². The normalized spacial score (nSPS) is 20.4. The van der Waals surface area contributed by atoms with E-state index in [0.29, 0.717) is 18.0 Å². The molecular formula is C17H23BrN2. The number of fused-ring (bicyclic) bond motifs is 3. The van der Waals surface area contributed by atoms with Crippen LogP contribution in [0.2, 0.25) is 0 Å². The molecule has 2 atom stereocenters. The maximum Gasteiger partial charge on any atom is 0.0478 e. The van der Waals surface area contributed by atoms with Crippen molar-refractivity contribution in [3.63, 3.8) is 0 Å². The van der Waals surface area contributed by atoms with Crippen molar-refractivity contribution in [1.29, 1.82) is 0 Å². The van der Waals surface area contributed by atoms with Gasteiger partial charge in [-0.1, -0.05) is 29.8 Å². The molecule has 2 nitrogen and oxygen atoms in total. The summed E-state index contributed by atoms with van der Waals surface area (Å²) in [5, 5.41) is 5.19. The van der Waals surface area contributed by atoms with E-state index in [9.17, 15) is 0 Å². The highest BCUT2D eigenvalue weighted by Gasteiger charge is 2.25. The first-order chi connectivity index (χ1) is 9.56. The number of H-pyrrole nitrogens is 1. The third-order valence-electron chi connectivity index (χ3n) is 4.63. The predicted octanol–water partition coefficient (Wildman–Crippen LogP) is 4.94. The lowest BCUT2D eigenvalue weighted by molar-refractivity contribution is 0.347. The van der Waals surface area contributed by atoms with Crippen molar-refractivity contribution in [2.45, 2.75) is 52.1 Å². The number of halogens is 1. The number of benzene rings is 1. The molecule has 2 N–H and O–H groups in total. The zero-order chi connectivity index (χ0) is 14.3. The van der Waals surface area contributed by atoms with Crippen molar-refractivity contribution >= 4 is 26.8 Å². The van der Waals surface area contributed by atoms with Crippen LogP contribution in [-0.4, -0.2) is 11.0 Å². The molecule has 0 bridgehead atoms. The lowest BCUT2D eigenvalue weighted by Gasteiger charge is -2.29. The summed E-state index contributed by atoms with van der Waals surface area (Å²) < 4.78 is 1.16. The van der Waals surface area contributed by atoms with Gasteiger partial charge in [0.1, 0.15) is 0 Å². The number of nitrogens with one attached hydrogen (secondary N) is 2. The Morgan fingerprint density at radius 2 is 2.10 bits per heavy atom. The molecule has 1 heterocycles. The third kappa shape index (κ3) is 2.53. The Morgan fingerprint density at radius 1 is 1.30 bits per heavy atom. The predicted molar refractivity (Wildman–Crippen MR) is 89.1 cm³/mol. The molecule has 0 fully saturated rings. The number of rotatable bonds is 3. The molecule has 3 rings (SSSR count). The Morgan fingerprint density at radius 3 is 2.85 bits per heavy atom. The van der Waals surface area contributed by atoms with Crippen LogP contribution >= 0.6 is 15.9 Å². The van der Waals surface area contributed by atoms with Crippen LogP contribution in [-0.2, 0) is 6.42 Å². The van der Waals surface area contributed by atoms with Crippen LogP contribution in [0.4, 0.5) is 0 Å². The van der Waals surface area contributed by atoms with E-state index in [-0.39, 0.29) is 0 Å². The van der Waals surface area contributed by atoms with Crippen LogP contribution in [0.25, 0.3) is 10.9 Å².